The van der Waals surface area contributed by atoms with Gasteiger partial charge in [-0.15, -0.1) is 0 Å². The van der Waals surface area contributed by atoms with Crippen LogP contribution in [0.3, 0.4) is 0 Å². The van der Waals surface area contributed by atoms with Crippen LogP contribution >= 0.6 is 7.14 Å². The quantitative estimate of drug-likeness (QED) is 0.770. The number of aliphatic hydroxyl groups is 1. The largest absolute Gasteiger partial charge is 0.393 e. The van der Waals surface area contributed by atoms with Gasteiger partial charge in [-0.25, -0.2) is 0 Å². The van der Waals surface area contributed by atoms with Crippen LogP contribution in [0, 0.1) is 11.8 Å². The third-order valence-corrected chi connectivity index (χ3v) is 8.96. The van der Waals surface area contributed by atoms with E-state index in [2.05, 4.69) is 6.92 Å². The lowest BCUT2D eigenvalue weighted by Gasteiger charge is -2.32. The van der Waals surface area contributed by atoms with E-state index in [1.807, 2.05) is 60.7 Å². The molecule has 25 heavy (non-hydrogen) atoms. The first-order valence-electron chi connectivity index (χ1n) is 9.49. The number of aliphatic hydroxyl groups excluding tert-OH is 1. The molecule has 0 amide bonds. The van der Waals surface area contributed by atoms with Gasteiger partial charge < -0.3 is 9.67 Å². The molecule has 134 valence electrons. The Kier molecular flexibility index (Phi) is 6.15. The summed E-state index contributed by atoms with van der Waals surface area (Å²) < 4.78 is 14.1. The minimum atomic E-state index is -2.75. The fourth-order valence-electron chi connectivity index (χ4n) is 4.15. The van der Waals surface area contributed by atoms with E-state index in [0.717, 1.165) is 23.5 Å². The predicted molar refractivity (Wildman–Crippen MR) is 106 cm³/mol. The maximum Gasteiger partial charge on any atom is 0.143 e. The molecule has 1 saturated carbocycles. The summed E-state index contributed by atoms with van der Waals surface area (Å²) in [5.41, 5.74) is 0. The maximum absolute atomic E-state index is 14.1. The normalized spacial score (nSPS) is 18.6. The zero-order valence-electron chi connectivity index (χ0n) is 15.1. The first-order valence-corrected chi connectivity index (χ1v) is 11.4. The Morgan fingerprint density at radius 1 is 0.920 bits per heavy atom. The van der Waals surface area contributed by atoms with E-state index < -0.39 is 7.14 Å². The number of rotatable bonds is 6. The first kappa shape index (κ1) is 18.4. The van der Waals surface area contributed by atoms with Crippen molar-refractivity contribution in [1.29, 1.82) is 0 Å². The summed E-state index contributed by atoms with van der Waals surface area (Å²) >= 11 is 0. The van der Waals surface area contributed by atoms with Gasteiger partial charge in [0, 0.05) is 16.8 Å². The summed E-state index contributed by atoms with van der Waals surface area (Å²) in [7, 11) is -2.75. The summed E-state index contributed by atoms with van der Waals surface area (Å²) in [4.78, 5) is 0. The molecule has 0 spiro atoms. The molecule has 1 N–H and O–H groups in total. The van der Waals surface area contributed by atoms with Crippen molar-refractivity contribution in [2.24, 2.45) is 11.8 Å². The molecule has 2 aromatic rings. The molecular formula is C22H29O2P. The standard InChI is InChI=1S/C22H29O2P/c1-18(22(23)19-11-5-2-6-12-19)17-25(24,20-13-7-3-8-14-20)21-15-9-4-10-16-21/h3-4,7-10,13-16,18-19,22-23H,2,5-6,11-12,17H2,1H3/t18-,22+/m1/s1. The highest BCUT2D eigenvalue weighted by Crippen LogP contribution is 2.46. The molecule has 2 aromatic carbocycles. The molecule has 3 rings (SSSR count). The Labute approximate surface area is 151 Å². The maximum atomic E-state index is 14.1. The van der Waals surface area contributed by atoms with Crippen LogP contribution < -0.4 is 10.6 Å². The molecular weight excluding hydrogens is 327 g/mol. The van der Waals surface area contributed by atoms with Crippen molar-refractivity contribution in [3.05, 3.63) is 60.7 Å². The van der Waals surface area contributed by atoms with E-state index in [4.69, 9.17) is 0 Å². The predicted octanol–water partition coefficient (Wildman–Crippen LogP) is 4.58. The second-order valence-electron chi connectivity index (χ2n) is 7.46. The minimum absolute atomic E-state index is 0.0225. The van der Waals surface area contributed by atoms with Crippen LogP contribution in [0.25, 0.3) is 0 Å². The third kappa shape index (κ3) is 4.25. The van der Waals surface area contributed by atoms with Gasteiger partial charge in [-0.1, -0.05) is 86.8 Å². The molecule has 1 aliphatic carbocycles. The van der Waals surface area contributed by atoms with Crippen molar-refractivity contribution in [3.63, 3.8) is 0 Å². The van der Waals surface area contributed by atoms with Gasteiger partial charge in [0.05, 0.1) is 6.10 Å². The zero-order valence-corrected chi connectivity index (χ0v) is 15.9. The monoisotopic (exact) mass is 356 g/mol. The van der Waals surface area contributed by atoms with Crippen LogP contribution in [0.15, 0.2) is 60.7 Å². The molecule has 0 saturated heterocycles. The Hall–Kier alpha value is -1.37. The SMILES string of the molecule is C[C@H](CP(=O)(c1ccccc1)c1ccccc1)[C@H](O)C1CCCCC1. The molecule has 1 fully saturated rings. The Morgan fingerprint density at radius 2 is 1.40 bits per heavy atom. The van der Waals surface area contributed by atoms with Crippen molar-refractivity contribution in [2.45, 2.75) is 45.1 Å². The summed E-state index contributed by atoms with van der Waals surface area (Å²) in [5.74, 6) is 0.387. The van der Waals surface area contributed by atoms with Crippen molar-refractivity contribution >= 4 is 17.8 Å². The molecule has 0 bridgehead atoms. The third-order valence-electron chi connectivity index (χ3n) is 5.61. The van der Waals surface area contributed by atoms with E-state index in [0.29, 0.717) is 12.1 Å². The van der Waals surface area contributed by atoms with Gasteiger partial charge in [0.25, 0.3) is 0 Å². The minimum Gasteiger partial charge on any atom is -0.393 e. The van der Waals surface area contributed by atoms with Crippen LogP contribution in [-0.2, 0) is 4.57 Å². The van der Waals surface area contributed by atoms with Gasteiger partial charge >= 0.3 is 0 Å². The number of hydrogen-bond acceptors (Lipinski definition) is 2. The molecule has 0 radical (unpaired) electrons. The van der Waals surface area contributed by atoms with Crippen molar-refractivity contribution in [2.75, 3.05) is 6.16 Å². The highest BCUT2D eigenvalue weighted by atomic mass is 31.2. The lowest BCUT2D eigenvalue weighted by atomic mass is 9.81. The average molecular weight is 356 g/mol. The van der Waals surface area contributed by atoms with Gasteiger partial charge in [-0.05, 0) is 24.7 Å². The Bertz CT molecular complexity index is 649. The second-order valence-corrected chi connectivity index (χ2v) is 10.3. The van der Waals surface area contributed by atoms with Crippen LogP contribution in [0.1, 0.15) is 39.0 Å². The topological polar surface area (TPSA) is 37.3 Å². The summed E-state index contributed by atoms with van der Waals surface area (Å²) in [5, 5.41) is 12.7. The molecule has 3 heteroatoms. The van der Waals surface area contributed by atoms with Crippen LogP contribution in [0.5, 0.6) is 0 Å². The second kappa shape index (κ2) is 8.34. The van der Waals surface area contributed by atoms with Crippen LogP contribution in [0.4, 0.5) is 0 Å². The Balaban J connectivity index is 1.86. The van der Waals surface area contributed by atoms with Gasteiger partial charge in [0.15, 0.2) is 0 Å². The zero-order chi connectivity index (χ0) is 17.7. The van der Waals surface area contributed by atoms with E-state index in [-0.39, 0.29) is 12.0 Å². The van der Waals surface area contributed by atoms with Gasteiger partial charge in [0.2, 0.25) is 0 Å². The molecule has 0 aromatic heterocycles. The lowest BCUT2D eigenvalue weighted by Crippen LogP contribution is -2.33. The lowest BCUT2D eigenvalue weighted by molar-refractivity contribution is 0.0474. The van der Waals surface area contributed by atoms with Gasteiger partial charge in [0.1, 0.15) is 7.14 Å². The number of benzene rings is 2. The molecule has 2 nitrogen and oxygen atoms in total. The summed E-state index contributed by atoms with van der Waals surface area (Å²) in [6.45, 7) is 2.07. The Morgan fingerprint density at radius 3 is 1.88 bits per heavy atom. The smallest absolute Gasteiger partial charge is 0.143 e. The highest BCUT2D eigenvalue weighted by molar-refractivity contribution is 7.78. The van der Waals surface area contributed by atoms with Crippen LogP contribution in [-0.4, -0.2) is 17.4 Å². The molecule has 0 aliphatic heterocycles. The van der Waals surface area contributed by atoms with E-state index >= 15 is 0 Å². The van der Waals surface area contributed by atoms with E-state index in [9.17, 15) is 9.67 Å². The average Bonchev–Trinajstić information content (AvgIpc) is 2.69. The van der Waals surface area contributed by atoms with Gasteiger partial charge in [-0.3, -0.25) is 0 Å². The number of hydrogen-bond donors (Lipinski definition) is 1. The van der Waals surface area contributed by atoms with Crippen molar-refractivity contribution in [1.82, 2.24) is 0 Å². The van der Waals surface area contributed by atoms with Crippen molar-refractivity contribution < 1.29 is 9.67 Å². The van der Waals surface area contributed by atoms with Crippen LogP contribution in [0.2, 0.25) is 0 Å². The highest BCUT2D eigenvalue weighted by Gasteiger charge is 2.34. The summed E-state index contributed by atoms with van der Waals surface area (Å²) in [6, 6.07) is 19.6. The van der Waals surface area contributed by atoms with E-state index in [1.54, 1.807) is 0 Å². The molecule has 2 atom stereocenters. The van der Waals surface area contributed by atoms with Gasteiger partial charge in [-0.2, -0.15) is 0 Å². The molecule has 0 heterocycles. The molecule has 0 unspecified atom stereocenters. The fraction of sp³-hybridized carbons (Fsp3) is 0.455. The summed E-state index contributed by atoms with van der Waals surface area (Å²) in [6.07, 6.45) is 6.08. The fourth-order valence-corrected chi connectivity index (χ4v) is 7.21. The molecule has 1 aliphatic rings. The van der Waals surface area contributed by atoms with Crippen molar-refractivity contribution in [3.8, 4) is 0 Å². The first-order chi connectivity index (χ1) is 12.1. The van der Waals surface area contributed by atoms with E-state index in [1.165, 1.54) is 19.3 Å².